The number of hydrogen-bond acceptors (Lipinski definition) is 3. The van der Waals surface area contributed by atoms with E-state index in [1.807, 2.05) is 6.07 Å². The van der Waals surface area contributed by atoms with Crippen molar-refractivity contribution in [2.45, 2.75) is 13.5 Å². The summed E-state index contributed by atoms with van der Waals surface area (Å²) < 4.78 is 8.40. The Kier molecular flexibility index (Phi) is 2.22. The highest BCUT2D eigenvalue weighted by atomic mass is 16.5. The van der Waals surface area contributed by atoms with Crippen LogP contribution in [0.3, 0.4) is 0 Å². The number of carbonyl (C=O) groups excluding carboxylic acids is 1. The number of hydrogen-bond donors (Lipinski definition) is 0. The van der Waals surface area contributed by atoms with E-state index in [0.29, 0.717) is 6.61 Å². The Morgan fingerprint density at radius 1 is 1.57 bits per heavy atom. The normalized spacial score (nSPS) is 10.6. The van der Waals surface area contributed by atoms with E-state index in [1.54, 1.807) is 34.7 Å². The maximum absolute atomic E-state index is 11.2. The first kappa shape index (κ1) is 8.80. The van der Waals surface area contributed by atoms with Gasteiger partial charge in [0.1, 0.15) is 6.54 Å². The molecule has 0 aliphatic rings. The topological polar surface area (TPSA) is 48.5 Å². The number of aromatic nitrogens is 3. The van der Waals surface area contributed by atoms with Crippen LogP contribution in [-0.4, -0.2) is 26.8 Å². The molecule has 2 rings (SSSR count). The van der Waals surface area contributed by atoms with Gasteiger partial charge >= 0.3 is 5.97 Å². The standard InChI is InChI=1S/C9H11N3O2/c1-2-14-9(13)7-11-5-3-8-10-4-6-12(8)11/h3-6H,2,7H2,1H3. The molecule has 0 aromatic carbocycles. The Morgan fingerprint density at radius 3 is 3.21 bits per heavy atom. The van der Waals surface area contributed by atoms with Crippen molar-refractivity contribution in [1.29, 1.82) is 0 Å². The highest BCUT2D eigenvalue weighted by molar-refractivity contribution is 5.69. The third kappa shape index (κ3) is 1.48. The molecule has 0 bridgehead atoms. The fourth-order valence-electron chi connectivity index (χ4n) is 1.34. The first-order valence-electron chi connectivity index (χ1n) is 4.45. The Morgan fingerprint density at radius 2 is 2.43 bits per heavy atom. The van der Waals surface area contributed by atoms with Crippen molar-refractivity contribution < 1.29 is 9.53 Å². The van der Waals surface area contributed by atoms with E-state index in [1.165, 1.54) is 0 Å². The summed E-state index contributed by atoms with van der Waals surface area (Å²) in [6, 6.07) is 1.85. The van der Waals surface area contributed by atoms with Crippen LogP contribution in [0.4, 0.5) is 0 Å². The fourth-order valence-corrected chi connectivity index (χ4v) is 1.34. The molecule has 2 heterocycles. The van der Waals surface area contributed by atoms with Gasteiger partial charge in [0.05, 0.1) is 6.61 Å². The molecule has 14 heavy (non-hydrogen) atoms. The van der Waals surface area contributed by atoms with E-state index in [9.17, 15) is 4.79 Å². The molecular formula is C9H11N3O2. The van der Waals surface area contributed by atoms with Crippen LogP contribution in [0, 0.1) is 0 Å². The van der Waals surface area contributed by atoms with Crippen molar-refractivity contribution in [3.63, 3.8) is 0 Å². The van der Waals surface area contributed by atoms with E-state index >= 15 is 0 Å². The van der Waals surface area contributed by atoms with E-state index in [0.717, 1.165) is 5.65 Å². The van der Waals surface area contributed by atoms with Gasteiger partial charge in [0.15, 0.2) is 5.65 Å². The molecule has 2 aromatic heterocycles. The first-order valence-corrected chi connectivity index (χ1v) is 4.45. The molecule has 0 atom stereocenters. The summed E-state index contributed by atoms with van der Waals surface area (Å²) >= 11 is 0. The number of nitrogens with zero attached hydrogens (tertiary/aromatic N) is 3. The summed E-state index contributed by atoms with van der Waals surface area (Å²) in [5, 5.41) is 0. The number of carbonyl (C=O) groups is 1. The molecule has 0 aliphatic heterocycles. The van der Waals surface area contributed by atoms with Crippen LogP contribution in [0.2, 0.25) is 0 Å². The van der Waals surface area contributed by atoms with Crippen LogP contribution in [0.15, 0.2) is 24.7 Å². The lowest BCUT2D eigenvalue weighted by atomic mass is 10.6. The highest BCUT2D eigenvalue weighted by Gasteiger charge is 2.05. The van der Waals surface area contributed by atoms with Gasteiger partial charge in [-0.2, -0.15) is 0 Å². The zero-order valence-corrected chi connectivity index (χ0v) is 7.88. The van der Waals surface area contributed by atoms with Gasteiger partial charge in [-0.15, -0.1) is 0 Å². The van der Waals surface area contributed by atoms with Gasteiger partial charge in [-0.05, 0) is 6.92 Å². The van der Waals surface area contributed by atoms with Crippen LogP contribution in [-0.2, 0) is 16.1 Å². The van der Waals surface area contributed by atoms with Crippen molar-refractivity contribution in [3.05, 3.63) is 24.7 Å². The number of fused-ring (bicyclic) bond motifs is 1. The largest absolute Gasteiger partial charge is 0.465 e. The molecule has 0 N–H and O–H groups in total. The monoisotopic (exact) mass is 193 g/mol. The zero-order chi connectivity index (χ0) is 9.97. The maximum atomic E-state index is 11.2. The van der Waals surface area contributed by atoms with E-state index in [-0.39, 0.29) is 12.5 Å². The molecule has 0 spiro atoms. The van der Waals surface area contributed by atoms with Gasteiger partial charge in [-0.3, -0.25) is 9.48 Å². The lowest BCUT2D eigenvalue weighted by Gasteiger charge is -2.04. The Balaban J connectivity index is 2.18. The molecule has 74 valence electrons. The summed E-state index contributed by atoms with van der Waals surface area (Å²) in [7, 11) is 0. The third-order valence-corrected chi connectivity index (χ3v) is 1.92. The van der Waals surface area contributed by atoms with E-state index < -0.39 is 0 Å². The van der Waals surface area contributed by atoms with E-state index in [2.05, 4.69) is 4.98 Å². The van der Waals surface area contributed by atoms with Gasteiger partial charge in [0, 0.05) is 24.7 Å². The Bertz CT molecular complexity index is 444. The van der Waals surface area contributed by atoms with E-state index in [4.69, 9.17) is 4.74 Å². The second kappa shape index (κ2) is 3.53. The Hall–Kier alpha value is -1.78. The summed E-state index contributed by atoms with van der Waals surface area (Å²) in [6.07, 6.45) is 5.30. The molecule has 0 fully saturated rings. The minimum absolute atomic E-state index is 0.216. The molecule has 5 heteroatoms. The lowest BCUT2D eigenvalue weighted by molar-refractivity contribution is -0.144. The van der Waals surface area contributed by atoms with Gasteiger partial charge < -0.3 is 4.74 Å². The highest BCUT2D eigenvalue weighted by Crippen LogP contribution is 2.01. The summed E-state index contributed by atoms with van der Waals surface area (Å²) in [6.45, 7) is 2.42. The quantitative estimate of drug-likeness (QED) is 0.674. The maximum Gasteiger partial charge on any atom is 0.327 e. The molecule has 0 aliphatic carbocycles. The average molecular weight is 193 g/mol. The molecule has 5 nitrogen and oxygen atoms in total. The van der Waals surface area contributed by atoms with Crippen LogP contribution >= 0.6 is 0 Å². The SMILES string of the molecule is CCOC(=O)Cn1ccc2nccn21. The zero-order valence-electron chi connectivity index (χ0n) is 7.88. The molecule has 0 unspecified atom stereocenters. The molecule has 0 amide bonds. The second-order valence-corrected chi connectivity index (χ2v) is 2.85. The predicted molar refractivity (Wildman–Crippen MR) is 49.8 cm³/mol. The van der Waals surface area contributed by atoms with Crippen molar-refractivity contribution >= 4 is 11.6 Å². The second-order valence-electron chi connectivity index (χ2n) is 2.85. The number of ether oxygens (including phenoxy) is 1. The molecule has 0 radical (unpaired) electrons. The van der Waals surface area contributed by atoms with Crippen LogP contribution in [0.25, 0.3) is 5.65 Å². The van der Waals surface area contributed by atoms with Gasteiger partial charge in [-0.1, -0.05) is 0 Å². The number of esters is 1. The summed E-state index contributed by atoms with van der Waals surface area (Å²) in [4.78, 5) is 15.3. The van der Waals surface area contributed by atoms with Gasteiger partial charge in [-0.25, -0.2) is 9.50 Å². The van der Waals surface area contributed by atoms with Gasteiger partial charge in [0.2, 0.25) is 0 Å². The fraction of sp³-hybridized carbons (Fsp3) is 0.333. The molecule has 0 saturated heterocycles. The predicted octanol–water partition coefficient (Wildman–Crippen LogP) is 0.699. The number of imidazole rings is 1. The third-order valence-electron chi connectivity index (χ3n) is 1.92. The smallest absolute Gasteiger partial charge is 0.327 e. The minimum Gasteiger partial charge on any atom is -0.465 e. The van der Waals surface area contributed by atoms with Gasteiger partial charge in [0.25, 0.3) is 0 Å². The average Bonchev–Trinajstić information content (AvgIpc) is 2.70. The van der Waals surface area contributed by atoms with Crippen molar-refractivity contribution in [2.75, 3.05) is 6.61 Å². The minimum atomic E-state index is -0.237. The summed E-state index contributed by atoms with van der Waals surface area (Å²) in [5.41, 5.74) is 0.828. The first-order chi connectivity index (χ1) is 6.81. The van der Waals surface area contributed by atoms with Crippen molar-refractivity contribution in [3.8, 4) is 0 Å². The number of rotatable bonds is 3. The summed E-state index contributed by atoms with van der Waals surface area (Å²) in [5.74, 6) is -0.237. The van der Waals surface area contributed by atoms with Crippen LogP contribution in [0.5, 0.6) is 0 Å². The molecule has 0 saturated carbocycles. The Labute approximate surface area is 80.9 Å². The molecule has 2 aromatic rings. The molecular weight excluding hydrogens is 182 g/mol. The van der Waals surface area contributed by atoms with Crippen LogP contribution in [0.1, 0.15) is 6.92 Å². The van der Waals surface area contributed by atoms with Crippen molar-refractivity contribution in [1.82, 2.24) is 14.2 Å². The van der Waals surface area contributed by atoms with Crippen molar-refractivity contribution in [2.24, 2.45) is 0 Å². The van der Waals surface area contributed by atoms with Crippen LogP contribution < -0.4 is 0 Å². The lowest BCUT2D eigenvalue weighted by Crippen LogP contribution is -2.15.